The van der Waals surface area contributed by atoms with Gasteiger partial charge in [-0.15, -0.1) is 0 Å². The van der Waals surface area contributed by atoms with Crippen molar-refractivity contribution in [2.75, 3.05) is 0 Å². The molecule has 12 rings (SSSR count). The van der Waals surface area contributed by atoms with Crippen LogP contribution >= 0.6 is 0 Å². The summed E-state index contributed by atoms with van der Waals surface area (Å²) in [6, 6.07) is 59.3. The summed E-state index contributed by atoms with van der Waals surface area (Å²) in [5.41, 5.74) is 11.0. The van der Waals surface area contributed by atoms with Gasteiger partial charge in [0.05, 0.1) is 5.57 Å². The van der Waals surface area contributed by atoms with E-state index in [1.807, 2.05) is 36.4 Å². The molecular weight excluding hydrogens is 711 g/mol. The molecule has 11 aromatic rings. The maximum atomic E-state index is 6.62. The molecule has 5 nitrogen and oxygen atoms in total. The summed E-state index contributed by atoms with van der Waals surface area (Å²) in [5, 5.41) is 7.88. The Bertz CT molecular complexity index is 3460. The minimum absolute atomic E-state index is 0.603. The van der Waals surface area contributed by atoms with Crippen molar-refractivity contribution in [3.63, 3.8) is 0 Å². The second kappa shape index (κ2) is 13.0. The van der Waals surface area contributed by atoms with E-state index in [0.29, 0.717) is 17.5 Å². The largest absolute Gasteiger partial charge is 0.456 e. The number of aryl methyl sites for hydroxylation is 1. The molecule has 8 aromatic carbocycles. The third kappa shape index (κ3) is 5.14. The fourth-order valence-corrected chi connectivity index (χ4v) is 8.97. The molecule has 0 radical (unpaired) electrons. The van der Waals surface area contributed by atoms with Gasteiger partial charge in [0, 0.05) is 32.8 Å². The van der Waals surface area contributed by atoms with Gasteiger partial charge in [-0.3, -0.25) is 0 Å². The molecule has 0 atom stereocenters. The number of para-hydroxylation sites is 2. The second-order valence-electron chi connectivity index (χ2n) is 15.0. The molecule has 0 N–H and O–H groups in total. The highest BCUT2D eigenvalue weighted by Gasteiger charge is 2.26. The van der Waals surface area contributed by atoms with Gasteiger partial charge in [0.2, 0.25) is 0 Å². The Morgan fingerprint density at radius 1 is 0.397 bits per heavy atom. The van der Waals surface area contributed by atoms with Crippen molar-refractivity contribution in [3.05, 3.63) is 193 Å². The van der Waals surface area contributed by atoms with E-state index in [2.05, 4.69) is 140 Å². The standard InChI is InChI=1S/C53H33N3O2/c1-2-15-33(16-3-1)51-54-52(56-53(55-51)44-25-13-24-41-40-21-8-10-26-46(40)58-50(41)44)42-29-28-39(37-19-6-7-20-38(37)42)45-30-34(36-23-12-17-32-14-4-5-18-35(32)36)31-48-49(45)43-22-9-11-27-47(43)57-48/h1-12,14-23,25-31H,13,24H2. The Kier molecular flexibility index (Phi) is 7.29. The first-order valence-electron chi connectivity index (χ1n) is 19.7. The average molecular weight is 744 g/mol. The van der Waals surface area contributed by atoms with Crippen LogP contribution in [0.4, 0.5) is 0 Å². The van der Waals surface area contributed by atoms with Crippen molar-refractivity contribution in [1.82, 2.24) is 15.0 Å². The maximum Gasteiger partial charge on any atom is 0.167 e. The lowest BCUT2D eigenvalue weighted by atomic mass is 9.89. The zero-order chi connectivity index (χ0) is 38.2. The van der Waals surface area contributed by atoms with Crippen LogP contribution in [0.5, 0.6) is 0 Å². The van der Waals surface area contributed by atoms with Gasteiger partial charge in [-0.2, -0.15) is 0 Å². The number of benzene rings is 8. The molecular formula is C53H33N3O2. The fourth-order valence-electron chi connectivity index (χ4n) is 8.97. The predicted molar refractivity (Wildman–Crippen MR) is 235 cm³/mol. The number of allylic oxidation sites excluding steroid dienone is 1. The molecule has 3 aromatic heterocycles. The van der Waals surface area contributed by atoms with E-state index in [1.165, 1.54) is 21.9 Å². The van der Waals surface area contributed by atoms with Gasteiger partial charge in [0.1, 0.15) is 22.5 Å². The maximum absolute atomic E-state index is 6.62. The lowest BCUT2D eigenvalue weighted by Gasteiger charge is -2.16. The number of fused-ring (bicyclic) bond motifs is 8. The number of nitrogens with zero attached hydrogens (tertiary/aromatic N) is 3. The third-order valence-electron chi connectivity index (χ3n) is 11.6. The normalized spacial score (nSPS) is 12.8. The van der Waals surface area contributed by atoms with Crippen LogP contribution in [0, 0.1) is 0 Å². The highest BCUT2D eigenvalue weighted by molar-refractivity contribution is 6.18. The SMILES string of the molecule is C1=C(c2nc(-c3ccccc3)nc(-c3ccc(-c4cc(-c5cccc6ccccc56)cc5oc6ccccc6c45)c4ccccc34)n2)c2oc3ccccc3c2CC1. The summed E-state index contributed by atoms with van der Waals surface area (Å²) in [6.45, 7) is 0. The Morgan fingerprint density at radius 2 is 1.03 bits per heavy atom. The number of rotatable bonds is 5. The van der Waals surface area contributed by atoms with Gasteiger partial charge in [0.25, 0.3) is 0 Å². The Morgan fingerprint density at radius 3 is 1.88 bits per heavy atom. The first-order chi connectivity index (χ1) is 28.7. The van der Waals surface area contributed by atoms with Crippen molar-refractivity contribution in [2.24, 2.45) is 0 Å². The Hall–Kier alpha value is -7.63. The molecule has 0 saturated carbocycles. The lowest BCUT2D eigenvalue weighted by molar-refractivity contribution is 0.590. The summed E-state index contributed by atoms with van der Waals surface area (Å²) in [4.78, 5) is 15.6. The molecule has 1 aliphatic rings. The van der Waals surface area contributed by atoms with Crippen molar-refractivity contribution in [1.29, 1.82) is 0 Å². The van der Waals surface area contributed by atoms with E-state index in [9.17, 15) is 0 Å². The molecule has 0 bridgehead atoms. The zero-order valence-corrected chi connectivity index (χ0v) is 31.3. The van der Waals surface area contributed by atoms with E-state index < -0.39 is 0 Å². The van der Waals surface area contributed by atoms with Crippen LogP contribution in [0.3, 0.4) is 0 Å². The molecule has 0 saturated heterocycles. The smallest absolute Gasteiger partial charge is 0.167 e. The van der Waals surface area contributed by atoms with Gasteiger partial charge < -0.3 is 8.83 Å². The summed E-state index contributed by atoms with van der Waals surface area (Å²) in [5.74, 6) is 2.67. The molecule has 0 unspecified atom stereocenters. The minimum atomic E-state index is 0.603. The Balaban J connectivity index is 1.09. The van der Waals surface area contributed by atoms with Crippen LogP contribution in [-0.2, 0) is 6.42 Å². The van der Waals surface area contributed by atoms with Gasteiger partial charge in [-0.25, -0.2) is 15.0 Å². The topological polar surface area (TPSA) is 65.0 Å². The molecule has 5 heteroatoms. The van der Waals surface area contributed by atoms with Gasteiger partial charge in [0.15, 0.2) is 17.5 Å². The predicted octanol–water partition coefficient (Wildman–Crippen LogP) is 13.9. The highest BCUT2D eigenvalue weighted by atomic mass is 16.3. The summed E-state index contributed by atoms with van der Waals surface area (Å²) in [7, 11) is 0. The quantitative estimate of drug-likeness (QED) is 0.176. The van der Waals surface area contributed by atoms with Crippen molar-refractivity contribution in [3.8, 4) is 45.0 Å². The lowest BCUT2D eigenvalue weighted by Crippen LogP contribution is -2.06. The number of furan rings is 2. The number of aromatic nitrogens is 3. The summed E-state index contributed by atoms with van der Waals surface area (Å²) in [6.07, 6.45) is 4.00. The minimum Gasteiger partial charge on any atom is -0.456 e. The molecule has 1 aliphatic carbocycles. The van der Waals surface area contributed by atoms with Crippen LogP contribution in [0.1, 0.15) is 23.6 Å². The number of hydrogen-bond acceptors (Lipinski definition) is 5. The van der Waals surface area contributed by atoms with Gasteiger partial charge >= 0.3 is 0 Å². The number of hydrogen-bond donors (Lipinski definition) is 0. The fraction of sp³-hybridized carbons (Fsp3) is 0.0377. The third-order valence-corrected chi connectivity index (χ3v) is 11.6. The first kappa shape index (κ1) is 32.6. The molecule has 0 spiro atoms. The molecule has 3 heterocycles. The Labute approximate surface area is 333 Å². The van der Waals surface area contributed by atoms with Crippen molar-refractivity contribution in [2.45, 2.75) is 12.8 Å². The molecule has 0 fully saturated rings. The van der Waals surface area contributed by atoms with E-state index in [4.69, 9.17) is 23.8 Å². The van der Waals surface area contributed by atoms with Gasteiger partial charge in [-0.1, -0.05) is 146 Å². The van der Waals surface area contributed by atoms with Crippen LogP contribution in [-0.4, -0.2) is 15.0 Å². The van der Waals surface area contributed by atoms with E-state index in [-0.39, 0.29) is 0 Å². The summed E-state index contributed by atoms with van der Waals surface area (Å²) < 4.78 is 13.2. The van der Waals surface area contributed by atoms with Crippen molar-refractivity contribution < 1.29 is 8.83 Å². The van der Waals surface area contributed by atoms with Crippen LogP contribution in [0.25, 0.3) is 105 Å². The molecule has 272 valence electrons. The van der Waals surface area contributed by atoms with Crippen LogP contribution in [0.15, 0.2) is 185 Å². The van der Waals surface area contributed by atoms with E-state index in [1.54, 1.807) is 0 Å². The van der Waals surface area contributed by atoms with Crippen LogP contribution < -0.4 is 0 Å². The molecule has 0 amide bonds. The van der Waals surface area contributed by atoms with Crippen LogP contribution in [0.2, 0.25) is 0 Å². The van der Waals surface area contributed by atoms with Crippen molar-refractivity contribution >= 4 is 60.0 Å². The first-order valence-corrected chi connectivity index (χ1v) is 19.7. The van der Waals surface area contributed by atoms with E-state index >= 15 is 0 Å². The van der Waals surface area contributed by atoms with Gasteiger partial charge in [-0.05, 0) is 87.0 Å². The zero-order valence-electron chi connectivity index (χ0n) is 31.3. The molecule has 58 heavy (non-hydrogen) atoms. The molecule has 0 aliphatic heterocycles. The highest BCUT2D eigenvalue weighted by Crippen LogP contribution is 2.45. The average Bonchev–Trinajstić information content (AvgIpc) is 3.87. The van der Waals surface area contributed by atoms with E-state index in [0.717, 1.165) is 95.7 Å². The monoisotopic (exact) mass is 743 g/mol. The second-order valence-corrected chi connectivity index (χ2v) is 15.0. The summed E-state index contributed by atoms with van der Waals surface area (Å²) >= 11 is 0.